The molecule has 1 saturated heterocycles. The number of thioether (sulfide) groups is 1. The van der Waals surface area contributed by atoms with E-state index in [0.29, 0.717) is 25.1 Å². The lowest BCUT2D eigenvalue weighted by molar-refractivity contribution is -0.139. The van der Waals surface area contributed by atoms with Gasteiger partial charge in [0.25, 0.3) is 0 Å². The van der Waals surface area contributed by atoms with E-state index >= 15 is 0 Å². The van der Waals surface area contributed by atoms with E-state index in [4.69, 9.17) is 0 Å². The highest BCUT2D eigenvalue weighted by Crippen LogP contribution is 2.43. The van der Waals surface area contributed by atoms with Gasteiger partial charge in [-0.05, 0) is 23.6 Å². The van der Waals surface area contributed by atoms with Gasteiger partial charge in [-0.3, -0.25) is 4.79 Å². The minimum absolute atomic E-state index is 0.101. The van der Waals surface area contributed by atoms with Crippen molar-refractivity contribution in [1.82, 2.24) is 4.90 Å². The van der Waals surface area contributed by atoms with Gasteiger partial charge in [0.2, 0.25) is 5.91 Å². The summed E-state index contributed by atoms with van der Waals surface area (Å²) in [6, 6.07) is 15.2. The first-order valence-electron chi connectivity index (χ1n) is 8.08. The Bertz CT molecular complexity index is 733. The Morgan fingerprint density at radius 3 is 2.48 bits per heavy atom. The molecule has 25 heavy (non-hydrogen) atoms. The zero-order valence-corrected chi connectivity index (χ0v) is 14.3. The second kappa shape index (κ2) is 7.52. The van der Waals surface area contributed by atoms with Crippen LogP contribution in [0.15, 0.2) is 54.6 Å². The zero-order valence-electron chi connectivity index (χ0n) is 13.5. The summed E-state index contributed by atoms with van der Waals surface area (Å²) in [4.78, 5) is 14.2. The maximum absolute atomic E-state index is 13.3. The molecule has 1 aliphatic heterocycles. The highest BCUT2D eigenvalue weighted by atomic mass is 32.2. The molecule has 0 aromatic heterocycles. The van der Waals surface area contributed by atoms with Gasteiger partial charge >= 0.3 is 6.18 Å². The van der Waals surface area contributed by atoms with Crippen molar-refractivity contribution in [2.24, 2.45) is 0 Å². The number of hydrogen-bond donors (Lipinski definition) is 0. The summed E-state index contributed by atoms with van der Waals surface area (Å²) in [5.41, 5.74) is 0.566. The number of carbonyl (C=O) groups excluding carboxylic acids is 1. The maximum Gasteiger partial charge on any atom is 0.416 e. The Labute approximate surface area is 149 Å². The van der Waals surface area contributed by atoms with Crippen LogP contribution in [0.3, 0.4) is 0 Å². The maximum atomic E-state index is 13.3. The van der Waals surface area contributed by atoms with Crippen LogP contribution in [0.5, 0.6) is 0 Å². The van der Waals surface area contributed by atoms with Crippen molar-refractivity contribution >= 4 is 17.7 Å². The summed E-state index contributed by atoms with van der Waals surface area (Å²) in [5, 5.41) is -0.568. The first-order chi connectivity index (χ1) is 12.0. The smallest absolute Gasteiger partial charge is 0.326 e. The third kappa shape index (κ3) is 4.18. The van der Waals surface area contributed by atoms with Crippen LogP contribution < -0.4 is 0 Å². The molecule has 0 N–H and O–H groups in total. The molecule has 1 heterocycles. The lowest BCUT2D eigenvalue weighted by atomic mass is 10.1. The average Bonchev–Trinajstić information content (AvgIpc) is 3.09. The van der Waals surface area contributed by atoms with Crippen molar-refractivity contribution in [3.05, 3.63) is 71.3 Å². The fraction of sp³-hybridized carbons (Fsp3) is 0.316. The molecule has 132 valence electrons. The Kier molecular flexibility index (Phi) is 5.37. The molecule has 3 rings (SSSR count). The van der Waals surface area contributed by atoms with Crippen molar-refractivity contribution in [3.8, 4) is 0 Å². The molecule has 1 aliphatic rings. The number of rotatable bonds is 4. The van der Waals surface area contributed by atoms with Crippen LogP contribution in [0.25, 0.3) is 0 Å². The summed E-state index contributed by atoms with van der Waals surface area (Å²) in [5.74, 6) is 0.546. The summed E-state index contributed by atoms with van der Waals surface area (Å²) in [7, 11) is 0. The number of halogens is 3. The second-order valence-electron chi connectivity index (χ2n) is 5.88. The van der Waals surface area contributed by atoms with Crippen LogP contribution in [0.1, 0.15) is 28.5 Å². The summed E-state index contributed by atoms with van der Waals surface area (Å²) >= 11 is 1.39. The van der Waals surface area contributed by atoms with E-state index in [1.165, 1.54) is 23.9 Å². The highest BCUT2D eigenvalue weighted by Gasteiger charge is 2.39. The average molecular weight is 365 g/mol. The SMILES string of the molecule is O=C(CCc1ccccc1)N1CCSC1c1ccccc1C(F)(F)F. The molecule has 1 unspecified atom stereocenters. The van der Waals surface area contributed by atoms with Gasteiger partial charge in [0, 0.05) is 18.7 Å². The van der Waals surface area contributed by atoms with Crippen molar-refractivity contribution in [1.29, 1.82) is 0 Å². The van der Waals surface area contributed by atoms with Gasteiger partial charge in [0.05, 0.1) is 5.56 Å². The van der Waals surface area contributed by atoms with Crippen LogP contribution in [0.4, 0.5) is 13.2 Å². The van der Waals surface area contributed by atoms with Crippen LogP contribution in [0, 0.1) is 0 Å². The molecule has 2 aromatic rings. The van der Waals surface area contributed by atoms with Gasteiger partial charge in [-0.1, -0.05) is 48.5 Å². The fourth-order valence-electron chi connectivity index (χ4n) is 2.99. The van der Waals surface area contributed by atoms with Crippen molar-refractivity contribution in [2.75, 3.05) is 12.3 Å². The van der Waals surface area contributed by atoms with E-state index < -0.39 is 17.1 Å². The molecule has 1 amide bonds. The molecule has 6 heteroatoms. The molecular weight excluding hydrogens is 347 g/mol. The molecule has 2 nitrogen and oxygen atoms in total. The molecule has 2 aromatic carbocycles. The molecule has 0 radical (unpaired) electrons. The van der Waals surface area contributed by atoms with E-state index in [-0.39, 0.29) is 11.5 Å². The van der Waals surface area contributed by atoms with Crippen molar-refractivity contribution < 1.29 is 18.0 Å². The van der Waals surface area contributed by atoms with Crippen LogP contribution in [-0.2, 0) is 17.4 Å². The topological polar surface area (TPSA) is 20.3 Å². The van der Waals surface area contributed by atoms with Gasteiger partial charge < -0.3 is 4.90 Å². The molecule has 0 saturated carbocycles. The van der Waals surface area contributed by atoms with Crippen molar-refractivity contribution in [2.45, 2.75) is 24.4 Å². The number of hydrogen-bond acceptors (Lipinski definition) is 2. The Hall–Kier alpha value is -1.95. The zero-order chi connectivity index (χ0) is 17.9. The predicted octanol–water partition coefficient (Wildman–Crippen LogP) is 4.91. The van der Waals surface area contributed by atoms with Crippen LogP contribution in [0.2, 0.25) is 0 Å². The molecule has 1 atom stereocenters. The lowest BCUT2D eigenvalue weighted by Gasteiger charge is -2.26. The standard InChI is InChI=1S/C19H18F3NOS/c20-19(21,22)16-9-5-4-8-15(16)18-23(12-13-25-18)17(24)11-10-14-6-2-1-3-7-14/h1-9,18H,10-13H2. The Balaban J connectivity index is 1.76. The summed E-state index contributed by atoms with van der Waals surface area (Å²) in [6.45, 7) is 0.481. The quantitative estimate of drug-likeness (QED) is 0.767. The number of benzene rings is 2. The third-order valence-electron chi connectivity index (χ3n) is 4.21. The van der Waals surface area contributed by atoms with Gasteiger partial charge in [-0.25, -0.2) is 0 Å². The van der Waals surface area contributed by atoms with Gasteiger partial charge in [-0.2, -0.15) is 13.2 Å². The van der Waals surface area contributed by atoms with Crippen molar-refractivity contribution in [3.63, 3.8) is 0 Å². The molecule has 0 aliphatic carbocycles. The number of aryl methyl sites for hydroxylation is 1. The summed E-state index contributed by atoms with van der Waals surface area (Å²) in [6.07, 6.45) is -3.53. The third-order valence-corrected chi connectivity index (χ3v) is 5.46. The van der Waals surface area contributed by atoms with Gasteiger partial charge in [0.15, 0.2) is 0 Å². The number of alkyl halides is 3. The van der Waals surface area contributed by atoms with E-state index in [1.54, 1.807) is 11.0 Å². The number of carbonyl (C=O) groups is 1. The van der Waals surface area contributed by atoms with E-state index in [1.807, 2.05) is 30.3 Å². The normalized spacial score (nSPS) is 17.7. The van der Waals surface area contributed by atoms with Crippen LogP contribution in [-0.4, -0.2) is 23.1 Å². The second-order valence-corrected chi connectivity index (χ2v) is 7.07. The minimum atomic E-state index is -4.42. The monoisotopic (exact) mass is 365 g/mol. The summed E-state index contributed by atoms with van der Waals surface area (Å²) < 4.78 is 39.9. The highest BCUT2D eigenvalue weighted by molar-refractivity contribution is 7.99. The van der Waals surface area contributed by atoms with E-state index in [9.17, 15) is 18.0 Å². The first-order valence-corrected chi connectivity index (χ1v) is 9.13. The van der Waals surface area contributed by atoms with Gasteiger partial charge in [0.1, 0.15) is 5.37 Å². The predicted molar refractivity (Wildman–Crippen MR) is 93.1 cm³/mol. The number of amides is 1. The van der Waals surface area contributed by atoms with Crippen LogP contribution >= 0.6 is 11.8 Å². The Morgan fingerprint density at radius 2 is 1.76 bits per heavy atom. The fourth-order valence-corrected chi connectivity index (χ4v) is 4.31. The van der Waals surface area contributed by atoms with E-state index in [0.717, 1.165) is 11.6 Å². The lowest BCUT2D eigenvalue weighted by Crippen LogP contribution is -2.31. The van der Waals surface area contributed by atoms with E-state index in [2.05, 4.69) is 0 Å². The number of nitrogens with zero attached hydrogens (tertiary/aromatic N) is 1. The molecule has 0 spiro atoms. The molecular formula is C19H18F3NOS. The van der Waals surface area contributed by atoms with Gasteiger partial charge in [-0.15, -0.1) is 11.8 Å². The Morgan fingerprint density at radius 1 is 1.08 bits per heavy atom. The molecule has 0 bridgehead atoms. The largest absolute Gasteiger partial charge is 0.416 e. The molecule has 1 fully saturated rings. The first kappa shape index (κ1) is 17.9. The minimum Gasteiger partial charge on any atom is -0.326 e.